The van der Waals surface area contributed by atoms with Crippen LogP contribution in [0.5, 0.6) is 0 Å². The molecule has 1 N–H and O–H groups in total. The van der Waals surface area contributed by atoms with Gasteiger partial charge in [0.15, 0.2) is 0 Å². The zero-order valence-electron chi connectivity index (χ0n) is 9.12. The molecule has 2 saturated carbocycles. The third-order valence-electron chi connectivity index (χ3n) is 4.72. The van der Waals surface area contributed by atoms with Crippen molar-refractivity contribution < 1.29 is 9.90 Å². The number of carboxylic acids is 1. The van der Waals surface area contributed by atoms with Crippen LogP contribution in [0.3, 0.4) is 0 Å². The Morgan fingerprint density at radius 3 is 2.64 bits per heavy atom. The first-order chi connectivity index (χ1) is 6.51. The van der Waals surface area contributed by atoms with Crippen LogP contribution in [0.4, 0.5) is 0 Å². The van der Waals surface area contributed by atoms with E-state index in [1.807, 2.05) is 0 Å². The maximum absolute atomic E-state index is 10.6. The van der Waals surface area contributed by atoms with Crippen LogP contribution in [-0.4, -0.2) is 11.1 Å². The summed E-state index contributed by atoms with van der Waals surface area (Å²) in [5, 5.41) is 8.71. The summed E-state index contributed by atoms with van der Waals surface area (Å²) in [7, 11) is 0. The number of fused-ring (bicyclic) bond motifs is 2. The highest BCUT2D eigenvalue weighted by molar-refractivity contribution is 5.66. The zero-order chi connectivity index (χ0) is 10.3. The lowest BCUT2D eigenvalue weighted by Crippen LogP contribution is -2.31. The largest absolute Gasteiger partial charge is 0.481 e. The Kier molecular flexibility index (Phi) is 2.32. The molecule has 0 unspecified atom stereocenters. The number of hydrogen-bond donors (Lipinski definition) is 1. The molecular formula is C12H20O2. The van der Waals surface area contributed by atoms with E-state index in [1.165, 1.54) is 19.3 Å². The van der Waals surface area contributed by atoms with Crippen molar-refractivity contribution in [3.63, 3.8) is 0 Å². The molecule has 0 aromatic heterocycles. The van der Waals surface area contributed by atoms with E-state index in [1.54, 1.807) is 0 Å². The Balaban J connectivity index is 2.01. The molecule has 2 aliphatic rings. The normalized spacial score (nSPS) is 38.9. The molecule has 0 saturated heterocycles. The van der Waals surface area contributed by atoms with Crippen LogP contribution in [0, 0.1) is 23.2 Å². The van der Waals surface area contributed by atoms with Gasteiger partial charge in [0, 0.05) is 6.42 Å². The first-order valence-electron chi connectivity index (χ1n) is 5.73. The molecule has 0 aliphatic heterocycles. The quantitative estimate of drug-likeness (QED) is 0.753. The van der Waals surface area contributed by atoms with Crippen LogP contribution < -0.4 is 0 Å². The Hall–Kier alpha value is -0.530. The molecule has 2 fully saturated rings. The van der Waals surface area contributed by atoms with E-state index in [9.17, 15) is 4.79 Å². The second kappa shape index (κ2) is 3.25. The highest BCUT2D eigenvalue weighted by atomic mass is 16.4. The lowest BCUT2D eigenvalue weighted by atomic mass is 9.67. The van der Waals surface area contributed by atoms with E-state index in [2.05, 4.69) is 13.8 Å². The van der Waals surface area contributed by atoms with Gasteiger partial charge in [-0.3, -0.25) is 4.79 Å². The van der Waals surface area contributed by atoms with E-state index in [0.717, 1.165) is 18.3 Å². The molecule has 2 nitrogen and oxygen atoms in total. The van der Waals surface area contributed by atoms with Crippen LogP contribution >= 0.6 is 0 Å². The van der Waals surface area contributed by atoms with Crippen LogP contribution in [0.25, 0.3) is 0 Å². The van der Waals surface area contributed by atoms with Crippen LogP contribution in [0.2, 0.25) is 0 Å². The zero-order valence-corrected chi connectivity index (χ0v) is 9.12. The summed E-state index contributed by atoms with van der Waals surface area (Å²) in [6.45, 7) is 4.67. The summed E-state index contributed by atoms with van der Waals surface area (Å²) in [6.07, 6.45) is 5.33. The lowest BCUT2D eigenvalue weighted by molar-refractivity contribution is -0.137. The van der Waals surface area contributed by atoms with Crippen LogP contribution in [-0.2, 0) is 4.79 Å². The molecule has 80 valence electrons. The predicted octanol–water partition coefficient (Wildman–Crippen LogP) is 2.92. The molecule has 0 amide bonds. The topological polar surface area (TPSA) is 37.3 Å². The van der Waals surface area contributed by atoms with Crippen molar-refractivity contribution >= 4 is 5.97 Å². The fourth-order valence-electron chi connectivity index (χ4n) is 3.85. The van der Waals surface area contributed by atoms with Crippen molar-refractivity contribution in [2.45, 2.75) is 46.0 Å². The standard InChI is InChI=1S/C12H20O2/c1-12(2)9-4-3-8(7-9)10(12)5-6-11(13)14/h8-10H,3-7H2,1-2H3,(H,13,14)/t8-,9+,10-/m1/s1. The van der Waals surface area contributed by atoms with Crippen LogP contribution in [0.15, 0.2) is 0 Å². The molecule has 0 spiro atoms. The van der Waals surface area contributed by atoms with Gasteiger partial charge in [0.1, 0.15) is 0 Å². The Labute approximate surface area is 85.7 Å². The van der Waals surface area contributed by atoms with Crippen molar-refractivity contribution in [2.24, 2.45) is 23.2 Å². The Bertz CT molecular complexity index is 245. The minimum Gasteiger partial charge on any atom is -0.481 e. The molecule has 2 heteroatoms. The van der Waals surface area contributed by atoms with E-state index in [4.69, 9.17) is 5.11 Å². The molecular weight excluding hydrogens is 176 g/mol. The van der Waals surface area contributed by atoms with Crippen LogP contribution in [0.1, 0.15) is 46.0 Å². The SMILES string of the molecule is CC1(C)[C@H]2CC[C@H](C2)[C@H]1CCC(=O)O. The van der Waals surface area contributed by atoms with Gasteiger partial charge >= 0.3 is 5.97 Å². The highest BCUT2D eigenvalue weighted by Crippen LogP contribution is 2.60. The van der Waals surface area contributed by atoms with Gasteiger partial charge in [-0.2, -0.15) is 0 Å². The number of aliphatic carboxylic acids is 1. The molecule has 2 aliphatic carbocycles. The van der Waals surface area contributed by atoms with E-state index in [-0.39, 0.29) is 0 Å². The van der Waals surface area contributed by atoms with Crippen molar-refractivity contribution in [3.8, 4) is 0 Å². The Morgan fingerprint density at radius 2 is 2.14 bits per heavy atom. The molecule has 0 aromatic rings. The number of carbonyl (C=O) groups is 1. The lowest BCUT2D eigenvalue weighted by Gasteiger charge is -2.38. The summed E-state index contributed by atoms with van der Waals surface area (Å²) < 4.78 is 0. The molecule has 0 radical (unpaired) electrons. The molecule has 0 aromatic carbocycles. The summed E-state index contributed by atoms with van der Waals surface area (Å²) in [6, 6.07) is 0. The van der Waals surface area contributed by atoms with Gasteiger partial charge in [-0.1, -0.05) is 13.8 Å². The van der Waals surface area contributed by atoms with Gasteiger partial charge < -0.3 is 5.11 Å². The molecule has 0 heterocycles. The van der Waals surface area contributed by atoms with E-state index in [0.29, 0.717) is 17.8 Å². The van der Waals surface area contributed by atoms with E-state index >= 15 is 0 Å². The van der Waals surface area contributed by atoms with Crippen molar-refractivity contribution in [2.75, 3.05) is 0 Å². The maximum atomic E-state index is 10.6. The van der Waals surface area contributed by atoms with Crippen molar-refractivity contribution in [3.05, 3.63) is 0 Å². The fourth-order valence-corrected chi connectivity index (χ4v) is 3.85. The number of rotatable bonds is 3. The summed E-state index contributed by atoms with van der Waals surface area (Å²) in [5.41, 5.74) is 0.401. The minimum atomic E-state index is -0.636. The number of hydrogen-bond acceptors (Lipinski definition) is 1. The first-order valence-corrected chi connectivity index (χ1v) is 5.73. The second-order valence-electron chi connectivity index (χ2n) is 5.63. The molecule has 2 rings (SSSR count). The average molecular weight is 196 g/mol. The smallest absolute Gasteiger partial charge is 0.303 e. The molecule has 2 bridgehead atoms. The fraction of sp³-hybridized carbons (Fsp3) is 0.917. The second-order valence-corrected chi connectivity index (χ2v) is 5.63. The average Bonchev–Trinajstić information content (AvgIpc) is 2.59. The summed E-state index contributed by atoms with van der Waals surface area (Å²) >= 11 is 0. The minimum absolute atomic E-state index is 0.358. The van der Waals surface area contributed by atoms with Gasteiger partial charge in [-0.15, -0.1) is 0 Å². The monoisotopic (exact) mass is 196 g/mol. The van der Waals surface area contributed by atoms with Crippen molar-refractivity contribution in [1.29, 1.82) is 0 Å². The summed E-state index contributed by atoms with van der Waals surface area (Å²) in [4.78, 5) is 10.6. The molecule has 3 atom stereocenters. The van der Waals surface area contributed by atoms with E-state index < -0.39 is 5.97 Å². The first kappa shape index (κ1) is 10.0. The third kappa shape index (κ3) is 1.45. The van der Waals surface area contributed by atoms with Gasteiger partial charge in [-0.05, 0) is 48.9 Å². The van der Waals surface area contributed by atoms with Crippen molar-refractivity contribution in [1.82, 2.24) is 0 Å². The third-order valence-corrected chi connectivity index (χ3v) is 4.72. The number of carboxylic acid groups (broad SMARTS) is 1. The van der Waals surface area contributed by atoms with Gasteiger partial charge in [0.2, 0.25) is 0 Å². The molecule has 14 heavy (non-hydrogen) atoms. The maximum Gasteiger partial charge on any atom is 0.303 e. The van der Waals surface area contributed by atoms with Gasteiger partial charge in [-0.25, -0.2) is 0 Å². The predicted molar refractivity (Wildman–Crippen MR) is 55.0 cm³/mol. The van der Waals surface area contributed by atoms with Gasteiger partial charge in [0.05, 0.1) is 0 Å². The Morgan fingerprint density at radius 1 is 1.43 bits per heavy atom. The van der Waals surface area contributed by atoms with Gasteiger partial charge in [0.25, 0.3) is 0 Å². The summed E-state index contributed by atoms with van der Waals surface area (Å²) in [5.74, 6) is 1.72. The highest BCUT2D eigenvalue weighted by Gasteiger charge is 2.51.